The fraction of sp³-hybridized carbons (Fsp3) is 0.438. The molecule has 0 saturated carbocycles. The fourth-order valence-electron chi connectivity index (χ4n) is 1.98. The van der Waals surface area contributed by atoms with Crippen LogP contribution in [0.2, 0.25) is 0 Å². The summed E-state index contributed by atoms with van der Waals surface area (Å²) in [4.78, 5) is 18.3. The first-order chi connectivity index (χ1) is 9.79. The Hall–Kier alpha value is -2.17. The zero-order chi connectivity index (χ0) is 15.6. The molecule has 5 heteroatoms. The lowest BCUT2D eigenvalue weighted by Crippen LogP contribution is -2.27. The van der Waals surface area contributed by atoms with Crippen LogP contribution in [0.1, 0.15) is 48.3 Å². The molecule has 0 radical (unpaired) electrons. The zero-order valence-corrected chi connectivity index (χ0v) is 13.3. The molecule has 1 amide bonds. The molecule has 5 nitrogen and oxygen atoms in total. The van der Waals surface area contributed by atoms with Crippen LogP contribution in [0.15, 0.2) is 24.3 Å². The largest absolute Gasteiger partial charge is 0.335 e. The van der Waals surface area contributed by atoms with Crippen LogP contribution in [0.25, 0.3) is 0 Å². The van der Waals surface area contributed by atoms with Crippen LogP contribution in [0.4, 0.5) is 0 Å². The van der Waals surface area contributed by atoms with Gasteiger partial charge in [-0.3, -0.25) is 9.89 Å². The van der Waals surface area contributed by atoms with Gasteiger partial charge in [0.25, 0.3) is 5.91 Å². The summed E-state index contributed by atoms with van der Waals surface area (Å²) in [5.41, 5.74) is 2.14. The highest BCUT2D eigenvalue weighted by Crippen LogP contribution is 2.18. The van der Waals surface area contributed by atoms with Gasteiger partial charge in [-0.25, -0.2) is 4.98 Å². The average Bonchev–Trinajstić information content (AvgIpc) is 2.90. The van der Waals surface area contributed by atoms with Gasteiger partial charge in [0, 0.05) is 19.0 Å². The van der Waals surface area contributed by atoms with E-state index in [2.05, 4.69) is 15.2 Å². The molecule has 0 fully saturated rings. The van der Waals surface area contributed by atoms with Crippen molar-refractivity contribution in [3.05, 3.63) is 47.0 Å². The zero-order valence-electron chi connectivity index (χ0n) is 13.3. The number of rotatable bonds is 3. The molecule has 1 N–H and O–H groups in total. The maximum atomic E-state index is 12.4. The van der Waals surface area contributed by atoms with E-state index in [0.717, 1.165) is 11.4 Å². The van der Waals surface area contributed by atoms with E-state index in [1.165, 1.54) is 5.56 Å². The second kappa shape index (κ2) is 5.68. The number of hydrogen-bond acceptors (Lipinski definition) is 3. The van der Waals surface area contributed by atoms with Gasteiger partial charge in [0.15, 0.2) is 0 Å². The van der Waals surface area contributed by atoms with Crippen molar-refractivity contribution in [2.24, 2.45) is 0 Å². The van der Waals surface area contributed by atoms with Gasteiger partial charge < -0.3 is 4.90 Å². The summed E-state index contributed by atoms with van der Waals surface area (Å²) in [6.07, 6.45) is 0. The third-order valence-electron chi connectivity index (χ3n) is 3.40. The van der Waals surface area contributed by atoms with Gasteiger partial charge in [0.2, 0.25) is 5.82 Å². The topological polar surface area (TPSA) is 61.9 Å². The van der Waals surface area contributed by atoms with E-state index in [1.54, 1.807) is 11.9 Å². The number of amides is 1. The number of aromatic nitrogens is 3. The predicted molar refractivity (Wildman–Crippen MR) is 82.1 cm³/mol. The monoisotopic (exact) mass is 286 g/mol. The Balaban J connectivity index is 2.13. The average molecular weight is 286 g/mol. The van der Waals surface area contributed by atoms with E-state index in [1.807, 2.05) is 52.0 Å². The molecule has 0 bridgehead atoms. The van der Waals surface area contributed by atoms with E-state index in [0.29, 0.717) is 6.54 Å². The van der Waals surface area contributed by atoms with Crippen molar-refractivity contribution in [1.82, 2.24) is 20.1 Å². The number of aryl methyl sites for hydroxylation is 1. The van der Waals surface area contributed by atoms with Crippen molar-refractivity contribution in [2.45, 2.75) is 39.7 Å². The van der Waals surface area contributed by atoms with Crippen molar-refractivity contribution in [1.29, 1.82) is 0 Å². The van der Waals surface area contributed by atoms with E-state index in [4.69, 9.17) is 0 Å². The Kier molecular flexibility index (Phi) is 4.11. The van der Waals surface area contributed by atoms with E-state index < -0.39 is 0 Å². The van der Waals surface area contributed by atoms with Crippen LogP contribution in [-0.4, -0.2) is 33.0 Å². The Morgan fingerprint density at radius 2 is 1.95 bits per heavy atom. The number of aromatic amines is 1. The van der Waals surface area contributed by atoms with Crippen molar-refractivity contribution >= 4 is 5.91 Å². The Labute approximate surface area is 125 Å². The summed E-state index contributed by atoms with van der Waals surface area (Å²) < 4.78 is 0. The molecular formula is C16H22N4O. The van der Waals surface area contributed by atoms with Gasteiger partial charge >= 0.3 is 0 Å². The summed E-state index contributed by atoms with van der Waals surface area (Å²) in [5.74, 6) is 0.760. The lowest BCUT2D eigenvalue weighted by molar-refractivity contribution is 0.0773. The van der Waals surface area contributed by atoms with Gasteiger partial charge in [-0.2, -0.15) is 0 Å². The van der Waals surface area contributed by atoms with Gasteiger partial charge in [-0.1, -0.05) is 45.0 Å². The SMILES string of the molecule is Cc1ccccc1CN(C)C(=O)c1n[nH]c(C(C)(C)C)n1. The standard InChI is InChI=1S/C16H22N4O/c1-11-8-6-7-9-12(11)10-20(5)14(21)13-17-15(19-18-13)16(2,3)4/h6-9H,10H2,1-5H3,(H,17,18,19). The minimum Gasteiger partial charge on any atom is -0.335 e. The second-order valence-corrected chi connectivity index (χ2v) is 6.35. The van der Waals surface area contributed by atoms with E-state index in [9.17, 15) is 4.79 Å². The molecule has 112 valence electrons. The minimum absolute atomic E-state index is 0.153. The highest BCUT2D eigenvalue weighted by atomic mass is 16.2. The molecule has 1 heterocycles. The first kappa shape index (κ1) is 15.2. The molecule has 1 aromatic heterocycles. The molecule has 2 aromatic rings. The van der Waals surface area contributed by atoms with Gasteiger partial charge in [0.05, 0.1) is 0 Å². The summed E-state index contributed by atoms with van der Waals surface area (Å²) in [5, 5.41) is 6.89. The number of H-pyrrole nitrogens is 1. The van der Waals surface area contributed by atoms with Crippen molar-refractivity contribution in [3.8, 4) is 0 Å². The summed E-state index contributed by atoms with van der Waals surface area (Å²) in [6, 6.07) is 8.03. The van der Waals surface area contributed by atoms with Crippen molar-refractivity contribution < 1.29 is 4.79 Å². The quantitative estimate of drug-likeness (QED) is 0.943. The van der Waals surface area contributed by atoms with Crippen LogP contribution in [-0.2, 0) is 12.0 Å². The molecule has 0 saturated heterocycles. The number of carbonyl (C=O) groups is 1. The van der Waals surface area contributed by atoms with Crippen LogP contribution in [0.5, 0.6) is 0 Å². The molecule has 0 spiro atoms. The summed E-state index contributed by atoms with van der Waals surface area (Å²) in [7, 11) is 1.77. The Morgan fingerprint density at radius 1 is 1.29 bits per heavy atom. The van der Waals surface area contributed by atoms with Crippen molar-refractivity contribution in [2.75, 3.05) is 7.05 Å². The molecule has 2 rings (SSSR count). The molecule has 0 atom stereocenters. The summed E-state index contributed by atoms with van der Waals surface area (Å²) >= 11 is 0. The van der Waals surface area contributed by atoms with Gasteiger partial charge in [0.1, 0.15) is 5.82 Å². The lowest BCUT2D eigenvalue weighted by Gasteiger charge is -2.17. The van der Waals surface area contributed by atoms with Crippen LogP contribution >= 0.6 is 0 Å². The molecule has 0 aliphatic rings. The smallest absolute Gasteiger partial charge is 0.293 e. The number of hydrogen-bond donors (Lipinski definition) is 1. The third kappa shape index (κ3) is 3.48. The minimum atomic E-state index is -0.176. The molecule has 1 aromatic carbocycles. The van der Waals surface area contributed by atoms with Gasteiger partial charge in [-0.15, -0.1) is 5.10 Å². The third-order valence-corrected chi connectivity index (χ3v) is 3.40. The second-order valence-electron chi connectivity index (χ2n) is 6.35. The lowest BCUT2D eigenvalue weighted by atomic mass is 9.96. The highest BCUT2D eigenvalue weighted by molar-refractivity contribution is 5.90. The number of nitrogens with one attached hydrogen (secondary N) is 1. The van der Waals surface area contributed by atoms with Crippen LogP contribution < -0.4 is 0 Å². The predicted octanol–water partition coefficient (Wildman–Crippen LogP) is 2.68. The van der Waals surface area contributed by atoms with E-state index in [-0.39, 0.29) is 17.1 Å². The highest BCUT2D eigenvalue weighted by Gasteiger charge is 2.23. The van der Waals surface area contributed by atoms with E-state index >= 15 is 0 Å². The molecular weight excluding hydrogens is 264 g/mol. The normalized spacial score (nSPS) is 11.5. The number of nitrogens with zero attached hydrogens (tertiary/aromatic N) is 3. The Bertz CT molecular complexity index is 640. The molecule has 0 aliphatic carbocycles. The molecule has 0 unspecified atom stereocenters. The van der Waals surface area contributed by atoms with Gasteiger partial charge in [-0.05, 0) is 18.1 Å². The van der Waals surface area contributed by atoms with Crippen molar-refractivity contribution in [3.63, 3.8) is 0 Å². The number of carbonyl (C=O) groups excluding carboxylic acids is 1. The number of benzene rings is 1. The maximum absolute atomic E-state index is 12.4. The van der Waals surface area contributed by atoms with Crippen LogP contribution in [0.3, 0.4) is 0 Å². The first-order valence-electron chi connectivity index (χ1n) is 7.02. The van der Waals surface area contributed by atoms with Crippen LogP contribution in [0, 0.1) is 6.92 Å². The Morgan fingerprint density at radius 3 is 2.52 bits per heavy atom. The molecule has 0 aliphatic heterocycles. The first-order valence-corrected chi connectivity index (χ1v) is 7.02. The fourth-order valence-corrected chi connectivity index (χ4v) is 1.98. The molecule has 21 heavy (non-hydrogen) atoms. The summed E-state index contributed by atoms with van der Waals surface area (Å²) in [6.45, 7) is 8.67. The maximum Gasteiger partial charge on any atom is 0.293 e.